The summed E-state index contributed by atoms with van der Waals surface area (Å²) in [6, 6.07) is 5.10. The van der Waals surface area contributed by atoms with Crippen LogP contribution in [0.4, 0.5) is 4.39 Å². The largest absolute Gasteiger partial charge is 0.381 e. The lowest BCUT2D eigenvalue weighted by atomic mass is 10.1. The number of halogens is 1. The van der Waals surface area contributed by atoms with Crippen molar-refractivity contribution in [1.82, 2.24) is 9.55 Å². The van der Waals surface area contributed by atoms with Gasteiger partial charge < -0.3 is 14.3 Å². The first-order valence-corrected chi connectivity index (χ1v) is 6.14. The predicted octanol–water partition coefficient (Wildman–Crippen LogP) is 3.19. The summed E-state index contributed by atoms with van der Waals surface area (Å²) in [5, 5.41) is 0. The molecule has 2 heterocycles. The van der Waals surface area contributed by atoms with Gasteiger partial charge in [0.15, 0.2) is 4.77 Å². The van der Waals surface area contributed by atoms with Crippen LogP contribution >= 0.6 is 12.2 Å². The number of nitrogens with one attached hydrogen (secondary N) is 1. The van der Waals surface area contributed by atoms with Gasteiger partial charge in [-0.2, -0.15) is 0 Å². The smallest absolute Gasteiger partial charge is 0.178 e. The maximum Gasteiger partial charge on any atom is 0.178 e. The third-order valence-corrected chi connectivity index (χ3v) is 3.53. The van der Waals surface area contributed by atoms with Crippen LogP contribution in [-0.4, -0.2) is 22.8 Å². The first kappa shape index (κ1) is 10.9. The molecule has 3 rings (SSSR count). The summed E-state index contributed by atoms with van der Waals surface area (Å²) in [7, 11) is 0. The maximum absolute atomic E-state index is 13.1. The van der Waals surface area contributed by atoms with Crippen molar-refractivity contribution < 1.29 is 9.13 Å². The van der Waals surface area contributed by atoms with Crippen LogP contribution in [0.25, 0.3) is 11.0 Å². The third kappa shape index (κ3) is 1.89. The fourth-order valence-corrected chi connectivity index (χ4v) is 2.77. The molecule has 1 saturated heterocycles. The second-order valence-electron chi connectivity index (χ2n) is 4.31. The van der Waals surface area contributed by atoms with Crippen LogP contribution < -0.4 is 0 Å². The van der Waals surface area contributed by atoms with Gasteiger partial charge in [0.1, 0.15) is 5.82 Å². The van der Waals surface area contributed by atoms with E-state index < -0.39 is 0 Å². The second kappa shape index (κ2) is 4.23. The molecule has 0 unspecified atom stereocenters. The summed E-state index contributed by atoms with van der Waals surface area (Å²) in [6.45, 7) is 1.53. The number of aromatic nitrogens is 2. The van der Waals surface area contributed by atoms with E-state index >= 15 is 0 Å². The second-order valence-corrected chi connectivity index (χ2v) is 4.69. The minimum atomic E-state index is -0.243. The molecule has 90 valence electrons. The zero-order valence-corrected chi connectivity index (χ0v) is 10.1. The van der Waals surface area contributed by atoms with Crippen molar-refractivity contribution >= 4 is 23.3 Å². The topological polar surface area (TPSA) is 29.9 Å². The first-order chi connectivity index (χ1) is 8.25. The maximum atomic E-state index is 13.1. The summed E-state index contributed by atoms with van der Waals surface area (Å²) in [5.74, 6) is -0.243. The van der Waals surface area contributed by atoms with Gasteiger partial charge in [0.25, 0.3) is 0 Å². The number of benzene rings is 1. The molecule has 3 nitrogen and oxygen atoms in total. The fourth-order valence-electron chi connectivity index (χ4n) is 2.41. The molecule has 1 aliphatic heterocycles. The van der Waals surface area contributed by atoms with Gasteiger partial charge in [0, 0.05) is 19.3 Å². The van der Waals surface area contributed by atoms with Gasteiger partial charge in [-0.25, -0.2) is 4.39 Å². The van der Waals surface area contributed by atoms with Crippen LogP contribution in [0.1, 0.15) is 18.9 Å². The molecule has 0 saturated carbocycles. The van der Waals surface area contributed by atoms with E-state index in [0.29, 0.717) is 10.8 Å². The van der Waals surface area contributed by atoms with Crippen LogP contribution in [0.15, 0.2) is 18.2 Å². The van der Waals surface area contributed by atoms with Gasteiger partial charge in [-0.1, -0.05) is 0 Å². The van der Waals surface area contributed by atoms with E-state index in [1.165, 1.54) is 12.1 Å². The van der Waals surface area contributed by atoms with Gasteiger partial charge in [-0.05, 0) is 43.3 Å². The highest BCUT2D eigenvalue weighted by Crippen LogP contribution is 2.26. The Labute approximate surface area is 103 Å². The third-order valence-electron chi connectivity index (χ3n) is 3.23. The van der Waals surface area contributed by atoms with E-state index in [4.69, 9.17) is 17.0 Å². The standard InChI is InChI=1S/C12H13FN2OS/c13-8-1-2-11-10(7-8)14-12(17)15(11)9-3-5-16-6-4-9/h1-2,7,9H,3-6H2,(H,14,17). The highest BCUT2D eigenvalue weighted by Gasteiger charge is 2.18. The van der Waals surface area contributed by atoms with Gasteiger partial charge in [0.05, 0.1) is 11.0 Å². The molecule has 1 aliphatic rings. The van der Waals surface area contributed by atoms with E-state index in [2.05, 4.69) is 9.55 Å². The highest BCUT2D eigenvalue weighted by atomic mass is 32.1. The number of imidazole rings is 1. The first-order valence-electron chi connectivity index (χ1n) is 5.73. The van der Waals surface area contributed by atoms with Crippen LogP contribution in [0, 0.1) is 10.6 Å². The van der Waals surface area contributed by atoms with Crippen molar-refractivity contribution in [3.05, 3.63) is 28.8 Å². The minimum Gasteiger partial charge on any atom is -0.381 e. The van der Waals surface area contributed by atoms with Crippen molar-refractivity contribution in [3.63, 3.8) is 0 Å². The minimum absolute atomic E-state index is 0.243. The zero-order chi connectivity index (χ0) is 11.8. The Morgan fingerprint density at radius 3 is 2.88 bits per heavy atom. The van der Waals surface area contributed by atoms with Crippen molar-refractivity contribution in [2.75, 3.05) is 13.2 Å². The SMILES string of the molecule is Fc1ccc2c(c1)[nH]c(=S)n2C1CCOCC1. The number of ether oxygens (including phenoxy) is 1. The molecule has 2 aromatic rings. The van der Waals surface area contributed by atoms with E-state index in [1.54, 1.807) is 6.07 Å². The molecule has 0 atom stereocenters. The van der Waals surface area contributed by atoms with E-state index in [-0.39, 0.29) is 5.82 Å². The van der Waals surface area contributed by atoms with Crippen molar-refractivity contribution in [2.45, 2.75) is 18.9 Å². The number of nitrogens with zero attached hydrogens (tertiary/aromatic N) is 1. The van der Waals surface area contributed by atoms with Crippen LogP contribution in [-0.2, 0) is 4.74 Å². The van der Waals surface area contributed by atoms with Gasteiger partial charge in [-0.3, -0.25) is 0 Å². The van der Waals surface area contributed by atoms with E-state index in [0.717, 1.165) is 37.1 Å². The number of aromatic amines is 1. The monoisotopic (exact) mass is 252 g/mol. The summed E-state index contributed by atoms with van der Waals surface area (Å²) >= 11 is 5.32. The Hall–Kier alpha value is -1.20. The summed E-state index contributed by atoms with van der Waals surface area (Å²) in [5.41, 5.74) is 1.74. The van der Waals surface area contributed by atoms with Gasteiger partial charge in [-0.15, -0.1) is 0 Å². The van der Waals surface area contributed by atoms with Crippen molar-refractivity contribution in [1.29, 1.82) is 0 Å². The Bertz CT molecular complexity index is 598. The molecule has 1 aromatic carbocycles. The normalized spacial score (nSPS) is 17.7. The molecule has 0 amide bonds. The lowest BCUT2D eigenvalue weighted by Crippen LogP contribution is -2.19. The average Bonchev–Trinajstić information content (AvgIpc) is 2.65. The van der Waals surface area contributed by atoms with Crippen molar-refractivity contribution in [2.24, 2.45) is 0 Å². The fraction of sp³-hybridized carbons (Fsp3) is 0.417. The summed E-state index contributed by atoms with van der Waals surface area (Å²) in [4.78, 5) is 3.06. The number of H-pyrrole nitrogens is 1. The Kier molecular flexibility index (Phi) is 2.72. The molecular formula is C12H13FN2OS. The molecular weight excluding hydrogens is 239 g/mol. The summed E-state index contributed by atoms with van der Waals surface area (Å²) < 4.78 is 21.2. The van der Waals surface area contributed by atoms with Crippen LogP contribution in [0.3, 0.4) is 0 Å². The van der Waals surface area contributed by atoms with Gasteiger partial charge >= 0.3 is 0 Å². The predicted molar refractivity (Wildman–Crippen MR) is 66.2 cm³/mol. The van der Waals surface area contributed by atoms with E-state index in [9.17, 15) is 4.39 Å². The average molecular weight is 252 g/mol. The lowest BCUT2D eigenvalue weighted by Gasteiger charge is -2.23. The van der Waals surface area contributed by atoms with E-state index in [1.807, 2.05) is 0 Å². The van der Waals surface area contributed by atoms with Crippen LogP contribution in [0.2, 0.25) is 0 Å². The zero-order valence-electron chi connectivity index (χ0n) is 9.28. The molecule has 5 heteroatoms. The van der Waals surface area contributed by atoms with Crippen LogP contribution in [0.5, 0.6) is 0 Å². The van der Waals surface area contributed by atoms with Gasteiger partial charge in [0.2, 0.25) is 0 Å². The summed E-state index contributed by atoms with van der Waals surface area (Å²) in [6.07, 6.45) is 1.91. The number of rotatable bonds is 1. The molecule has 0 spiro atoms. The van der Waals surface area contributed by atoms with Crippen molar-refractivity contribution in [3.8, 4) is 0 Å². The Morgan fingerprint density at radius 2 is 2.12 bits per heavy atom. The Morgan fingerprint density at radius 1 is 1.35 bits per heavy atom. The molecule has 0 radical (unpaired) electrons. The molecule has 1 fully saturated rings. The number of hydrogen-bond acceptors (Lipinski definition) is 2. The lowest BCUT2D eigenvalue weighted by molar-refractivity contribution is 0.0702. The highest BCUT2D eigenvalue weighted by molar-refractivity contribution is 7.71. The number of hydrogen-bond donors (Lipinski definition) is 1. The number of fused-ring (bicyclic) bond motifs is 1. The quantitative estimate of drug-likeness (QED) is 0.790. The molecule has 0 aliphatic carbocycles. The molecule has 0 bridgehead atoms. The molecule has 1 aromatic heterocycles. The Balaban J connectivity index is 2.14. The molecule has 17 heavy (non-hydrogen) atoms. The molecule has 1 N–H and O–H groups in total.